The summed E-state index contributed by atoms with van der Waals surface area (Å²) in [5.41, 5.74) is 2.17. The number of halogens is 1. The third kappa shape index (κ3) is 5.87. The van der Waals surface area contributed by atoms with Crippen molar-refractivity contribution in [3.8, 4) is 5.75 Å². The van der Waals surface area contributed by atoms with Crippen LogP contribution in [0.2, 0.25) is 5.02 Å². The molecule has 0 saturated carbocycles. The van der Waals surface area contributed by atoms with Gasteiger partial charge in [-0.25, -0.2) is 8.42 Å². The maximum atomic E-state index is 12.6. The molecule has 0 aliphatic heterocycles. The summed E-state index contributed by atoms with van der Waals surface area (Å²) in [7, 11) is -3.70. The Bertz CT molecular complexity index is 947. The second-order valence-corrected chi connectivity index (χ2v) is 8.92. The van der Waals surface area contributed by atoms with E-state index in [0.717, 1.165) is 21.9 Å². The van der Waals surface area contributed by atoms with Crippen molar-refractivity contribution in [1.82, 2.24) is 5.32 Å². The van der Waals surface area contributed by atoms with Crippen LogP contribution in [0.5, 0.6) is 5.75 Å². The van der Waals surface area contributed by atoms with Crippen LogP contribution in [-0.2, 0) is 14.8 Å². The van der Waals surface area contributed by atoms with Gasteiger partial charge in [0, 0.05) is 5.02 Å². The fraction of sp³-hybridized carbons (Fsp3) is 0.350. The van der Waals surface area contributed by atoms with Gasteiger partial charge in [0.15, 0.2) is 0 Å². The first-order valence-electron chi connectivity index (χ1n) is 8.82. The van der Waals surface area contributed by atoms with Gasteiger partial charge in [-0.3, -0.25) is 9.10 Å². The van der Waals surface area contributed by atoms with Crippen LogP contribution in [0.3, 0.4) is 0 Å². The molecule has 1 amide bonds. The largest absolute Gasteiger partial charge is 0.492 e. The minimum absolute atomic E-state index is 0.253. The maximum absolute atomic E-state index is 12.6. The van der Waals surface area contributed by atoms with E-state index in [0.29, 0.717) is 16.3 Å². The minimum Gasteiger partial charge on any atom is -0.492 e. The number of benzene rings is 2. The summed E-state index contributed by atoms with van der Waals surface area (Å²) in [6, 6.07) is 11.6. The molecule has 0 radical (unpaired) electrons. The Balaban J connectivity index is 2.04. The Morgan fingerprint density at radius 2 is 1.93 bits per heavy atom. The average Bonchev–Trinajstić information content (AvgIpc) is 2.60. The highest BCUT2D eigenvalue weighted by Gasteiger charge is 2.30. The number of amides is 1. The van der Waals surface area contributed by atoms with E-state index in [1.54, 1.807) is 25.1 Å². The highest BCUT2D eigenvalue weighted by molar-refractivity contribution is 7.92. The SMILES string of the molecule is Cc1cccc(OCCNC(=O)[C@@H](C)N(c2cc(Cl)ccc2C)S(C)(=O)=O)c1. The molecule has 0 heterocycles. The Morgan fingerprint density at radius 1 is 1.21 bits per heavy atom. The first kappa shape index (κ1) is 22.0. The van der Waals surface area contributed by atoms with Crippen LogP contribution in [0, 0.1) is 13.8 Å². The topological polar surface area (TPSA) is 75.7 Å². The fourth-order valence-electron chi connectivity index (χ4n) is 2.80. The van der Waals surface area contributed by atoms with Crippen LogP contribution in [0.15, 0.2) is 42.5 Å². The molecule has 2 aromatic rings. The second kappa shape index (κ2) is 9.30. The lowest BCUT2D eigenvalue weighted by Crippen LogP contribution is -2.48. The monoisotopic (exact) mass is 424 g/mol. The van der Waals surface area contributed by atoms with Crippen molar-refractivity contribution >= 4 is 33.2 Å². The zero-order valence-electron chi connectivity index (χ0n) is 16.4. The predicted molar refractivity (Wildman–Crippen MR) is 113 cm³/mol. The standard InChI is InChI=1S/C20H25ClN2O4S/c1-14-6-5-7-18(12-14)27-11-10-22-20(24)16(3)23(28(4,25)26)19-13-17(21)9-8-15(19)2/h5-9,12-13,16H,10-11H2,1-4H3,(H,22,24)/t16-/m1/s1. The van der Waals surface area contributed by atoms with Gasteiger partial charge in [-0.15, -0.1) is 0 Å². The molecule has 2 rings (SSSR count). The van der Waals surface area contributed by atoms with Gasteiger partial charge < -0.3 is 10.1 Å². The van der Waals surface area contributed by atoms with E-state index in [4.69, 9.17) is 16.3 Å². The van der Waals surface area contributed by atoms with Crippen molar-refractivity contribution < 1.29 is 17.9 Å². The van der Waals surface area contributed by atoms with Crippen LogP contribution < -0.4 is 14.4 Å². The lowest BCUT2D eigenvalue weighted by molar-refractivity contribution is -0.121. The van der Waals surface area contributed by atoms with Gasteiger partial charge >= 0.3 is 0 Å². The molecule has 0 aromatic heterocycles. The summed E-state index contributed by atoms with van der Waals surface area (Å²) >= 11 is 6.03. The van der Waals surface area contributed by atoms with Gasteiger partial charge in [0.2, 0.25) is 15.9 Å². The van der Waals surface area contributed by atoms with E-state index >= 15 is 0 Å². The number of carbonyl (C=O) groups excluding carboxylic acids is 1. The molecule has 0 unspecified atom stereocenters. The number of hydrogen-bond donors (Lipinski definition) is 1. The third-order valence-corrected chi connectivity index (χ3v) is 5.62. The molecule has 8 heteroatoms. The zero-order chi connectivity index (χ0) is 20.9. The van der Waals surface area contributed by atoms with Crippen molar-refractivity contribution in [2.75, 3.05) is 23.7 Å². The Morgan fingerprint density at radius 3 is 2.57 bits per heavy atom. The van der Waals surface area contributed by atoms with E-state index in [1.165, 1.54) is 6.92 Å². The summed E-state index contributed by atoms with van der Waals surface area (Å²) < 4.78 is 31.4. The van der Waals surface area contributed by atoms with Crippen LogP contribution in [-0.4, -0.2) is 39.8 Å². The number of carbonyl (C=O) groups is 1. The second-order valence-electron chi connectivity index (χ2n) is 6.62. The molecule has 28 heavy (non-hydrogen) atoms. The van der Waals surface area contributed by atoms with Crippen molar-refractivity contribution in [3.05, 3.63) is 58.6 Å². The van der Waals surface area contributed by atoms with E-state index in [9.17, 15) is 13.2 Å². The minimum atomic E-state index is -3.70. The molecule has 1 atom stereocenters. The van der Waals surface area contributed by atoms with Crippen LogP contribution in [0.4, 0.5) is 5.69 Å². The molecule has 0 bridgehead atoms. The van der Waals surface area contributed by atoms with Gasteiger partial charge in [0.25, 0.3) is 0 Å². The Labute approximate surface area is 171 Å². The van der Waals surface area contributed by atoms with Crippen molar-refractivity contribution in [2.45, 2.75) is 26.8 Å². The predicted octanol–water partition coefficient (Wildman–Crippen LogP) is 3.31. The lowest BCUT2D eigenvalue weighted by atomic mass is 10.2. The van der Waals surface area contributed by atoms with Crippen molar-refractivity contribution in [1.29, 1.82) is 0 Å². The molecule has 0 fully saturated rings. The first-order chi connectivity index (χ1) is 13.1. The van der Waals surface area contributed by atoms with Crippen molar-refractivity contribution in [2.24, 2.45) is 0 Å². The van der Waals surface area contributed by atoms with E-state index < -0.39 is 22.0 Å². The third-order valence-electron chi connectivity index (χ3n) is 4.16. The van der Waals surface area contributed by atoms with E-state index in [1.807, 2.05) is 31.2 Å². The first-order valence-corrected chi connectivity index (χ1v) is 11.0. The van der Waals surface area contributed by atoms with E-state index in [-0.39, 0.29) is 13.2 Å². The smallest absolute Gasteiger partial charge is 0.243 e. The molecular formula is C20H25ClN2O4S. The highest BCUT2D eigenvalue weighted by atomic mass is 35.5. The van der Waals surface area contributed by atoms with Gasteiger partial charge in [0.1, 0.15) is 18.4 Å². The van der Waals surface area contributed by atoms with E-state index in [2.05, 4.69) is 5.32 Å². The van der Waals surface area contributed by atoms with Gasteiger partial charge in [-0.2, -0.15) is 0 Å². The quantitative estimate of drug-likeness (QED) is 0.659. The molecule has 6 nitrogen and oxygen atoms in total. The molecule has 0 spiro atoms. The number of aryl methyl sites for hydroxylation is 2. The van der Waals surface area contributed by atoms with Crippen LogP contribution >= 0.6 is 11.6 Å². The fourth-order valence-corrected chi connectivity index (χ4v) is 4.19. The molecule has 2 aromatic carbocycles. The number of nitrogens with zero attached hydrogens (tertiary/aromatic N) is 1. The number of ether oxygens (including phenoxy) is 1. The maximum Gasteiger partial charge on any atom is 0.243 e. The molecule has 152 valence electrons. The van der Waals surface area contributed by atoms with Crippen LogP contribution in [0.1, 0.15) is 18.1 Å². The number of anilines is 1. The zero-order valence-corrected chi connectivity index (χ0v) is 18.0. The summed E-state index contributed by atoms with van der Waals surface area (Å²) in [5.74, 6) is 0.298. The highest BCUT2D eigenvalue weighted by Crippen LogP contribution is 2.28. The molecule has 0 saturated heterocycles. The Kier molecular flexibility index (Phi) is 7.32. The average molecular weight is 425 g/mol. The number of rotatable bonds is 8. The molecule has 0 aliphatic rings. The molecule has 1 N–H and O–H groups in total. The molecule has 0 aliphatic carbocycles. The lowest BCUT2D eigenvalue weighted by Gasteiger charge is -2.29. The van der Waals surface area contributed by atoms with Gasteiger partial charge in [-0.1, -0.05) is 29.8 Å². The molecular weight excluding hydrogens is 400 g/mol. The summed E-state index contributed by atoms with van der Waals surface area (Å²) in [6.45, 7) is 5.80. The number of sulfonamides is 1. The van der Waals surface area contributed by atoms with Gasteiger partial charge in [0.05, 0.1) is 18.5 Å². The summed E-state index contributed by atoms with van der Waals surface area (Å²) in [4.78, 5) is 12.6. The summed E-state index contributed by atoms with van der Waals surface area (Å²) in [5, 5.41) is 3.12. The normalized spacial score (nSPS) is 12.3. The Hall–Kier alpha value is -2.25. The summed E-state index contributed by atoms with van der Waals surface area (Å²) in [6.07, 6.45) is 1.07. The van der Waals surface area contributed by atoms with Crippen molar-refractivity contribution in [3.63, 3.8) is 0 Å². The van der Waals surface area contributed by atoms with Gasteiger partial charge in [-0.05, 0) is 56.2 Å². The number of nitrogens with one attached hydrogen (secondary N) is 1. The van der Waals surface area contributed by atoms with Crippen LogP contribution in [0.25, 0.3) is 0 Å². The number of hydrogen-bond acceptors (Lipinski definition) is 4.